The van der Waals surface area contributed by atoms with Gasteiger partial charge in [0, 0.05) is 54.9 Å². The number of aliphatic carboxylic acids is 1. The van der Waals surface area contributed by atoms with E-state index in [1.54, 1.807) is 24.2 Å². The molecule has 0 radical (unpaired) electrons. The predicted molar refractivity (Wildman–Crippen MR) is 133 cm³/mol. The number of guanidine groups is 1. The van der Waals surface area contributed by atoms with Crippen molar-refractivity contribution in [1.29, 1.82) is 5.41 Å². The molecular formula is C22H29Cl2N5O2S. The molecular weight excluding hydrogens is 469 g/mol. The topological polar surface area (TPSA) is 107 Å². The molecule has 0 amide bonds. The maximum Gasteiger partial charge on any atom is 0.310 e. The van der Waals surface area contributed by atoms with E-state index >= 15 is 0 Å². The number of nitrogens with two attached hydrogens (primary N) is 1. The van der Waals surface area contributed by atoms with Crippen LogP contribution in [0.4, 0.5) is 5.69 Å². The summed E-state index contributed by atoms with van der Waals surface area (Å²) in [5.41, 5.74) is 8.51. The van der Waals surface area contributed by atoms with Crippen molar-refractivity contribution in [2.24, 2.45) is 11.1 Å². The number of nitrogens with one attached hydrogen (secondary N) is 1. The second-order valence-corrected chi connectivity index (χ2v) is 9.10. The number of rotatable bonds is 5. The summed E-state index contributed by atoms with van der Waals surface area (Å²) in [4.78, 5) is 21.4. The number of pyridine rings is 1. The fourth-order valence-corrected chi connectivity index (χ4v) is 5.46. The lowest BCUT2D eigenvalue weighted by atomic mass is 9.80. The van der Waals surface area contributed by atoms with Crippen LogP contribution < -0.4 is 10.6 Å². The molecule has 1 aromatic heterocycles. The third-order valence-electron chi connectivity index (χ3n) is 6.25. The standard InChI is InChI=1S/C22H27N5O2S.2ClH/c23-21(24)27-10-5-16-1-2-19(13-17(16)14-27)30-15-22(20(28)29)6-11-26(12-7-22)18-3-8-25-9-4-18;;/h1-4,8-9,13H,5-7,10-12,14-15H2,(H3,23,24)(H,28,29);2*1H. The van der Waals surface area contributed by atoms with Crippen LogP contribution in [0, 0.1) is 10.8 Å². The minimum atomic E-state index is -0.713. The Hall–Kier alpha value is -2.16. The average molecular weight is 498 g/mol. The Bertz CT molecular complexity index is 939. The van der Waals surface area contributed by atoms with Crippen molar-refractivity contribution in [1.82, 2.24) is 9.88 Å². The van der Waals surface area contributed by atoms with Gasteiger partial charge >= 0.3 is 5.97 Å². The van der Waals surface area contributed by atoms with E-state index in [0.29, 0.717) is 25.1 Å². The number of hydrogen-bond donors (Lipinski definition) is 3. The quantitative estimate of drug-likeness (QED) is 0.328. The molecule has 10 heteroatoms. The van der Waals surface area contributed by atoms with Crippen molar-refractivity contribution in [3.05, 3.63) is 53.9 Å². The lowest BCUT2D eigenvalue weighted by molar-refractivity contribution is -0.148. The lowest BCUT2D eigenvalue weighted by Crippen LogP contribution is -2.46. The van der Waals surface area contributed by atoms with Gasteiger partial charge in [0.1, 0.15) is 0 Å². The summed E-state index contributed by atoms with van der Waals surface area (Å²) < 4.78 is 0. The Labute approximate surface area is 205 Å². The van der Waals surface area contributed by atoms with Gasteiger partial charge in [-0.25, -0.2) is 0 Å². The molecule has 2 aromatic rings. The molecule has 4 rings (SSSR count). The number of thioether (sulfide) groups is 1. The molecule has 0 unspecified atom stereocenters. The van der Waals surface area contributed by atoms with Crippen molar-refractivity contribution < 1.29 is 9.90 Å². The fraction of sp³-hybridized carbons (Fsp3) is 0.409. The highest BCUT2D eigenvalue weighted by Crippen LogP contribution is 2.39. The van der Waals surface area contributed by atoms with E-state index in [1.165, 1.54) is 11.1 Å². The number of hydrogen-bond acceptors (Lipinski definition) is 5. The summed E-state index contributed by atoms with van der Waals surface area (Å²) >= 11 is 1.62. The Morgan fingerprint density at radius 2 is 1.81 bits per heavy atom. The zero-order chi connectivity index (χ0) is 21.1. The molecule has 0 atom stereocenters. The molecule has 174 valence electrons. The predicted octanol–water partition coefficient (Wildman–Crippen LogP) is 3.64. The lowest BCUT2D eigenvalue weighted by Gasteiger charge is -2.39. The van der Waals surface area contributed by atoms with E-state index in [2.05, 4.69) is 28.1 Å². The van der Waals surface area contributed by atoms with Crippen molar-refractivity contribution in [2.75, 3.05) is 30.3 Å². The maximum absolute atomic E-state index is 12.2. The normalized spacial score (nSPS) is 16.9. The number of piperidine rings is 1. The van der Waals surface area contributed by atoms with Gasteiger partial charge in [-0.1, -0.05) is 6.07 Å². The van der Waals surface area contributed by atoms with Crippen LogP contribution in [-0.4, -0.2) is 52.3 Å². The number of anilines is 1. The van der Waals surface area contributed by atoms with Crippen LogP contribution in [0.1, 0.15) is 24.0 Å². The van der Waals surface area contributed by atoms with Gasteiger partial charge in [0.15, 0.2) is 5.96 Å². The van der Waals surface area contributed by atoms with Crippen molar-refractivity contribution in [2.45, 2.75) is 30.7 Å². The number of aromatic nitrogens is 1. The summed E-state index contributed by atoms with van der Waals surface area (Å²) in [7, 11) is 0. The molecule has 0 bridgehead atoms. The molecule has 0 spiro atoms. The monoisotopic (exact) mass is 497 g/mol. The van der Waals surface area contributed by atoms with E-state index in [0.717, 1.165) is 36.6 Å². The molecule has 7 nitrogen and oxygen atoms in total. The number of carbonyl (C=O) groups is 1. The van der Waals surface area contributed by atoms with Gasteiger partial charge in [0.25, 0.3) is 0 Å². The molecule has 3 heterocycles. The second kappa shape index (κ2) is 11.1. The van der Waals surface area contributed by atoms with E-state index < -0.39 is 11.4 Å². The first-order valence-corrected chi connectivity index (χ1v) is 11.2. The van der Waals surface area contributed by atoms with Gasteiger partial charge in [-0.3, -0.25) is 15.2 Å². The highest BCUT2D eigenvalue weighted by molar-refractivity contribution is 7.99. The zero-order valence-corrected chi connectivity index (χ0v) is 20.1. The highest BCUT2D eigenvalue weighted by Gasteiger charge is 2.41. The Kier molecular flexibility index (Phi) is 9.07. The Morgan fingerprint density at radius 3 is 2.44 bits per heavy atom. The fourth-order valence-electron chi connectivity index (χ4n) is 4.22. The first-order chi connectivity index (χ1) is 14.5. The number of nitrogens with zero attached hydrogens (tertiary/aromatic N) is 3. The van der Waals surface area contributed by atoms with Gasteiger partial charge in [0.05, 0.1) is 5.41 Å². The molecule has 4 N–H and O–H groups in total. The third kappa shape index (κ3) is 5.60. The van der Waals surface area contributed by atoms with Crippen molar-refractivity contribution in [3.8, 4) is 0 Å². The minimum Gasteiger partial charge on any atom is -0.481 e. The summed E-state index contributed by atoms with van der Waals surface area (Å²) in [5, 5.41) is 17.7. The van der Waals surface area contributed by atoms with Crippen LogP contribution in [-0.2, 0) is 17.8 Å². The second-order valence-electron chi connectivity index (χ2n) is 8.05. The van der Waals surface area contributed by atoms with Crippen LogP contribution >= 0.6 is 36.6 Å². The number of benzene rings is 1. The van der Waals surface area contributed by atoms with E-state index in [4.69, 9.17) is 11.1 Å². The molecule has 32 heavy (non-hydrogen) atoms. The first-order valence-electron chi connectivity index (χ1n) is 10.2. The molecule has 1 saturated heterocycles. The molecule has 2 aliphatic rings. The third-order valence-corrected chi connectivity index (χ3v) is 7.53. The molecule has 1 fully saturated rings. The smallest absolute Gasteiger partial charge is 0.310 e. The van der Waals surface area contributed by atoms with Gasteiger partial charge in [0.2, 0.25) is 0 Å². The van der Waals surface area contributed by atoms with Crippen LogP contribution in [0.2, 0.25) is 0 Å². The van der Waals surface area contributed by atoms with Crippen molar-refractivity contribution in [3.63, 3.8) is 0 Å². The molecule has 0 aliphatic carbocycles. The summed E-state index contributed by atoms with van der Waals surface area (Å²) in [6.45, 7) is 2.87. The van der Waals surface area contributed by atoms with Gasteiger partial charge in [-0.2, -0.15) is 0 Å². The highest BCUT2D eigenvalue weighted by atomic mass is 35.5. The zero-order valence-electron chi connectivity index (χ0n) is 17.7. The van der Waals surface area contributed by atoms with Crippen LogP contribution in [0.25, 0.3) is 0 Å². The molecule has 0 saturated carbocycles. The van der Waals surface area contributed by atoms with E-state index in [-0.39, 0.29) is 30.8 Å². The summed E-state index contributed by atoms with van der Waals surface area (Å²) in [6.07, 6.45) is 5.67. The SMILES string of the molecule is Cl.Cl.N=C(N)N1CCc2ccc(SCC3(C(=O)O)CCN(c4ccncc4)CC3)cc2C1. The number of carboxylic acid groups (broad SMARTS) is 1. The largest absolute Gasteiger partial charge is 0.481 e. The van der Waals surface area contributed by atoms with E-state index in [9.17, 15) is 9.90 Å². The van der Waals surface area contributed by atoms with Crippen LogP contribution in [0.15, 0.2) is 47.6 Å². The van der Waals surface area contributed by atoms with Crippen LogP contribution in [0.5, 0.6) is 0 Å². The Balaban J connectivity index is 0.00000181. The van der Waals surface area contributed by atoms with Gasteiger partial charge in [-0.05, 0) is 54.7 Å². The average Bonchev–Trinajstić information content (AvgIpc) is 2.78. The first kappa shape index (κ1) is 26.1. The minimum absolute atomic E-state index is 0. The van der Waals surface area contributed by atoms with Gasteiger partial charge in [-0.15, -0.1) is 36.6 Å². The summed E-state index contributed by atoms with van der Waals surface area (Å²) in [5.74, 6) is -0.0450. The number of carboxylic acids is 1. The van der Waals surface area contributed by atoms with Gasteiger partial charge < -0.3 is 20.6 Å². The van der Waals surface area contributed by atoms with Crippen LogP contribution in [0.3, 0.4) is 0 Å². The molecule has 2 aliphatic heterocycles. The Morgan fingerprint density at radius 1 is 1.12 bits per heavy atom. The number of fused-ring (bicyclic) bond motifs is 1. The molecule has 1 aromatic carbocycles. The summed E-state index contributed by atoms with van der Waals surface area (Å²) in [6, 6.07) is 10.3. The number of halogens is 2. The maximum atomic E-state index is 12.2. The van der Waals surface area contributed by atoms with E-state index in [1.807, 2.05) is 17.0 Å². The van der Waals surface area contributed by atoms with Crippen molar-refractivity contribution >= 4 is 54.2 Å².